The van der Waals surface area contributed by atoms with E-state index in [1.54, 1.807) is 6.07 Å². The van der Waals surface area contributed by atoms with E-state index in [2.05, 4.69) is 11.8 Å². The van der Waals surface area contributed by atoms with Crippen LogP contribution in [0.4, 0.5) is 5.69 Å². The summed E-state index contributed by atoms with van der Waals surface area (Å²) in [4.78, 5) is 14.6. The minimum Gasteiger partial charge on any atom is -0.370 e. The number of benzene rings is 1. The molecule has 2 N–H and O–H groups in total. The van der Waals surface area contributed by atoms with Gasteiger partial charge in [-0.15, -0.1) is 11.8 Å². The number of carbonyl (C=O) groups excluding carboxylic acids is 1. The van der Waals surface area contributed by atoms with E-state index in [1.165, 1.54) is 4.90 Å². The fourth-order valence-electron chi connectivity index (χ4n) is 1.75. The van der Waals surface area contributed by atoms with Crippen LogP contribution in [0.2, 0.25) is 0 Å². The van der Waals surface area contributed by atoms with Crippen LogP contribution in [-0.2, 0) is 0 Å². The maximum atomic E-state index is 11.1. The van der Waals surface area contributed by atoms with Crippen molar-refractivity contribution in [2.45, 2.75) is 11.8 Å². The highest BCUT2D eigenvalue weighted by Crippen LogP contribution is 2.34. The number of amides is 1. The van der Waals surface area contributed by atoms with Crippen molar-refractivity contribution in [2.75, 3.05) is 23.7 Å². The number of carbonyl (C=O) groups is 1. The molecular formula is C11H14N2OS. The molecule has 15 heavy (non-hydrogen) atoms. The summed E-state index contributed by atoms with van der Waals surface area (Å²) in [6.07, 6.45) is 0. The lowest BCUT2D eigenvalue weighted by atomic mass is 10.1. The molecule has 0 aliphatic carbocycles. The standard InChI is InChI=1S/C11H14N2OS/c1-2-13-5-6-15-10-4-3-8(11(12)14)7-9(10)13/h3-4,7H,2,5-6H2,1H3,(H2,12,14). The van der Waals surface area contributed by atoms with Gasteiger partial charge in [-0.3, -0.25) is 4.79 Å². The van der Waals surface area contributed by atoms with E-state index in [1.807, 2.05) is 23.9 Å². The van der Waals surface area contributed by atoms with E-state index in [4.69, 9.17) is 5.73 Å². The molecule has 1 aromatic carbocycles. The second-order valence-electron chi connectivity index (χ2n) is 3.47. The van der Waals surface area contributed by atoms with E-state index in [0.717, 1.165) is 24.5 Å². The first-order valence-corrected chi connectivity index (χ1v) is 6.02. The normalized spacial score (nSPS) is 14.9. The first kappa shape index (κ1) is 10.4. The first-order chi connectivity index (χ1) is 7.22. The van der Waals surface area contributed by atoms with Gasteiger partial charge in [0, 0.05) is 29.3 Å². The lowest BCUT2D eigenvalue weighted by Gasteiger charge is -2.29. The zero-order chi connectivity index (χ0) is 10.8. The number of hydrogen-bond donors (Lipinski definition) is 1. The average Bonchev–Trinajstić information content (AvgIpc) is 2.27. The number of thioether (sulfide) groups is 1. The number of anilines is 1. The Balaban J connectivity index is 2.43. The number of nitrogens with zero attached hydrogens (tertiary/aromatic N) is 1. The van der Waals surface area contributed by atoms with Gasteiger partial charge in [0.2, 0.25) is 5.91 Å². The van der Waals surface area contributed by atoms with Gasteiger partial charge in [0.25, 0.3) is 0 Å². The summed E-state index contributed by atoms with van der Waals surface area (Å²) in [5, 5.41) is 0. The van der Waals surface area contributed by atoms with Gasteiger partial charge in [0.1, 0.15) is 0 Å². The molecule has 0 unspecified atom stereocenters. The third-order valence-electron chi connectivity index (χ3n) is 2.58. The lowest BCUT2D eigenvalue weighted by Crippen LogP contribution is -2.29. The Hall–Kier alpha value is -1.16. The highest BCUT2D eigenvalue weighted by atomic mass is 32.2. The maximum Gasteiger partial charge on any atom is 0.248 e. The van der Waals surface area contributed by atoms with Gasteiger partial charge in [0.05, 0.1) is 5.69 Å². The Labute approximate surface area is 93.6 Å². The highest BCUT2D eigenvalue weighted by Gasteiger charge is 2.17. The molecule has 1 amide bonds. The van der Waals surface area contributed by atoms with Crippen LogP contribution in [0.3, 0.4) is 0 Å². The summed E-state index contributed by atoms with van der Waals surface area (Å²) in [6.45, 7) is 4.13. The Bertz CT molecular complexity index is 392. The Morgan fingerprint density at radius 3 is 3.07 bits per heavy atom. The molecule has 0 fully saturated rings. The van der Waals surface area contributed by atoms with Crippen molar-refractivity contribution in [3.63, 3.8) is 0 Å². The largest absolute Gasteiger partial charge is 0.370 e. The molecule has 0 bridgehead atoms. The zero-order valence-corrected chi connectivity index (χ0v) is 9.51. The number of fused-ring (bicyclic) bond motifs is 1. The number of hydrogen-bond acceptors (Lipinski definition) is 3. The summed E-state index contributed by atoms with van der Waals surface area (Å²) in [6, 6.07) is 5.68. The van der Waals surface area contributed by atoms with Crippen LogP contribution in [0.25, 0.3) is 0 Å². The van der Waals surface area contributed by atoms with Gasteiger partial charge in [-0.05, 0) is 25.1 Å². The minimum atomic E-state index is -0.357. The molecule has 0 radical (unpaired) electrons. The second-order valence-corrected chi connectivity index (χ2v) is 4.61. The van der Waals surface area contributed by atoms with Gasteiger partial charge in [-0.2, -0.15) is 0 Å². The van der Waals surface area contributed by atoms with E-state index < -0.39 is 0 Å². The molecule has 2 rings (SSSR count). The van der Waals surface area contributed by atoms with Crippen LogP contribution in [0.15, 0.2) is 23.1 Å². The monoisotopic (exact) mass is 222 g/mol. The first-order valence-electron chi connectivity index (χ1n) is 5.04. The number of nitrogens with two attached hydrogens (primary N) is 1. The number of rotatable bonds is 2. The van der Waals surface area contributed by atoms with Crippen molar-refractivity contribution in [2.24, 2.45) is 5.73 Å². The third kappa shape index (κ3) is 1.95. The molecular weight excluding hydrogens is 208 g/mol. The Morgan fingerprint density at radius 1 is 1.60 bits per heavy atom. The molecule has 0 spiro atoms. The number of primary amides is 1. The van der Waals surface area contributed by atoms with Crippen molar-refractivity contribution in [3.8, 4) is 0 Å². The van der Waals surface area contributed by atoms with Crippen LogP contribution in [0, 0.1) is 0 Å². The van der Waals surface area contributed by atoms with Crippen LogP contribution >= 0.6 is 11.8 Å². The predicted octanol–water partition coefficient (Wildman–Crippen LogP) is 1.72. The molecule has 3 nitrogen and oxygen atoms in total. The van der Waals surface area contributed by atoms with Gasteiger partial charge in [0.15, 0.2) is 0 Å². The van der Waals surface area contributed by atoms with Gasteiger partial charge < -0.3 is 10.6 Å². The van der Waals surface area contributed by atoms with Crippen molar-refractivity contribution >= 4 is 23.4 Å². The maximum absolute atomic E-state index is 11.1. The van der Waals surface area contributed by atoms with E-state index in [9.17, 15) is 4.79 Å². The quantitative estimate of drug-likeness (QED) is 0.828. The average molecular weight is 222 g/mol. The Kier molecular flexibility index (Phi) is 2.86. The van der Waals surface area contributed by atoms with Crippen molar-refractivity contribution < 1.29 is 4.79 Å². The van der Waals surface area contributed by atoms with Gasteiger partial charge >= 0.3 is 0 Å². The van der Waals surface area contributed by atoms with Crippen LogP contribution < -0.4 is 10.6 Å². The molecule has 1 heterocycles. The SMILES string of the molecule is CCN1CCSc2ccc(C(N)=O)cc21. The van der Waals surface area contributed by atoms with Gasteiger partial charge in [-0.1, -0.05) is 0 Å². The molecule has 0 saturated heterocycles. The topological polar surface area (TPSA) is 46.3 Å². The molecule has 4 heteroatoms. The highest BCUT2D eigenvalue weighted by molar-refractivity contribution is 7.99. The van der Waals surface area contributed by atoms with Crippen LogP contribution in [0.5, 0.6) is 0 Å². The molecule has 0 atom stereocenters. The predicted molar refractivity (Wildman–Crippen MR) is 63.6 cm³/mol. The van der Waals surface area contributed by atoms with Crippen molar-refractivity contribution in [1.29, 1.82) is 0 Å². The fraction of sp³-hybridized carbons (Fsp3) is 0.364. The van der Waals surface area contributed by atoms with Crippen LogP contribution in [-0.4, -0.2) is 24.7 Å². The fourth-order valence-corrected chi connectivity index (χ4v) is 2.79. The summed E-state index contributed by atoms with van der Waals surface area (Å²) >= 11 is 1.83. The van der Waals surface area contributed by atoms with E-state index >= 15 is 0 Å². The van der Waals surface area contributed by atoms with E-state index in [-0.39, 0.29) is 5.91 Å². The van der Waals surface area contributed by atoms with Gasteiger partial charge in [-0.25, -0.2) is 0 Å². The zero-order valence-electron chi connectivity index (χ0n) is 8.69. The third-order valence-corrected chi connectivity index (χ3v) is 3.63. The molecule has 1 aromatic rings. The van der Waals surface area contributed by atoms with Crippen molar-refractivity contribution in [3.05, 3.63) is 23.8 Å². The lowest BCUT2D eigenvalue weighted by molar-refractivity contribution is 0.100. The molecule has 1 aliphatic heterocycles. The van der Waals surface area contributed by atoms with Crippen molar-refractivity contribution in [1.82, 2.24) is 0 Å². The molecule has 1 aliphatic rings. The summed E-state index contributed by atoms with van der Waals surface area (Å²) in [7, 11) is 0. The van der Waals surface area contributed by atoms with Crippen LogP contribution in [0.1, 0.15) is 17.3 Å². The molecule has 80 valence electrons. The summed E-state index contributed by atoms with van der Waals surface area (Å²) in [5.41, 5.74) is 7.01. The Morgan fingerprint density at radius 2 is 2.40 bits per heavy atom. The second kappa shape index (κ2) is 4.14. The smallest absolute Gasteiger partial charge is 0.248 e. The summed E-state index contributed by atoms with van der Waals surface area (Å²) < 4.78 is 0. The summed E-state index contributed by atoms with van der Waals surface area (Å²) in [5.74, 6) is 0.751. The van der Waals surface area contributed by atoms with E-state index in [0.29, 0.717) is 5.56 Å². The molecule has 0 aromatic heterocycles. The minimum absolute atomic E-state index is 0.357. The molecule has 0 saturated carbocycles.